The van der Waals surface area contributed by atoms with Gasteiger partial charge in [0.1, 0.15) is 17.2 Å². The van der Waals surface area contributed by atoms with E-state index in [9.17, 15) is 18.3 Å². The molecular weight excluding hydrogens is 542 g/mol. The van der Waals surface area contributed by atoms with Crippen molar-refractivity contribution in [2.45, 2.75) is 71.5 Å². The number of sulfonamides is 1. The lowest BCUT2D eigenvalue weighted by Crippen LogP contribution is -2.57. The van der Waals surface area contributed by atoms with Crippen LogP contribution in [0.2, 0.25) is 0 Å². The second kappa shape index (κ2) is 11.0. The van der Waals surface area contributed by atoms with E-state index in [1.807, 2.05) is 58.0 Å². The molecule has 1 fully saturated rings. The smallest absolute Gasteiger partial charge is 0.408 e. The summed E-state index contributed by atoms with van der Waals surface area (Å²) in [5.41, 5.74) is -0.389. The molecule has 0 spiro atoms. The average molecular weight is 584 g/mol. The second-order valence-electron chi connectivity index (χ2n) is 12.4. The molecular formula is C30H41N5O5S. The maximum atomic E-state index is 12.7. The monoisotopic (exact) mass is 583 g/mol. The van der Waals surface area contributed by atoms with Gasteiger partial charge in [-0.25, -0.2) is 23.2 Å². The van der Waals surface area contributed by atoms with E-state index in [4.69, 9.17) is 4.42 Å². The van der Waals surface area contributed by atoms with Crippen molar-refractivity contribution in [3.8, 4) is 11.5 Å². The number of rotatable bonds is 10. The molecule has 0 radical (unpaired) electrons. The van der Waals surface area contributed by atoms with Crippen molar-refractivity contribution in [3.63, 3.8) is 0 Å². The Kier molecular flexibility index (Phi) is 8.14. The lowest BCUT2D eigenvalue weighted by atomic mass is 9.85. The number of anilines is 2. The highest BCUT2D eigenvalue weighted by Crippen LogP contribution is 2.42. The summed E-state index contributed by atoms with van der Waals surface area (Å²) in [5, 5.41) is 13.8. The molecule has 4 rings (SSSR count). The van der Waals surface area contributed by atoms with Crippen molar-refractivity contribution >= 4 is 27.8 Å². The number of hydrogen-bond donors (Lipinski definition) is 2. The van der Waals surface area contributed by atoms with Crippen LogP contribution < -0.4 is 9.62 Å². The highest BCUT2D eigenvalue weighted by molar-refractivity contribution is 7.92. The zero-order valence-electron chi connectivity index (χ0n) is 25.0. The first kappa shape index (κ1) is 30.4. The number of nitrogens with zero attached hydrogens (tertiary/aromatic N) is 4. The predicted molar refractivity (Wildman–Crippen MR) is 160 cm³/mol. The van der Waals surface area contributed by atoms with Crippen LogP contribution in [-0.2, 0) is 22.0 Å². The molecule has 41 heavy (non-hydrogen) atoms. The third kappa shape index (κ3) is 6.66. The van der Waals surface area contributed by atoms with Gasteiger partial charge in [-0.2, -0.15) is 0 Å². The maximum Gasteiger partial charge on any atom is 0.408 e. The first-order valence-corrected chi connectivity index (χ1v) is 15.6. The Balaban J connectivity index is 1.80. The molecule has 2 aromatic heterocycles. The Bertz CT molecular complexity index is 1500. The predicted octanol–water partition coefficient (Wildman–Crippen LogP) is 5.83. The van der Waals surface area contributed by atoms with Crippen molar-refractivity contribution in [3.05, 3.63) is 60.0 Å². The summed E-state index contributed by atoms with van der Waals surface area (Å²) >= 11 is 0. The summed E-state index contributed by atoms with van der Waals surface area (Å²) in [5.74, 6) is 2.47. The van der Waals surface area contributed by atoms with Crippen molar-refractivity contribution in [2.75, 3.05) is 22.9 Å². The van der Waals surface area contributed by atoms with Gasteiger partial charge in [0.05, 0.1) is 12.5 Å². The molecule has 1 saturated carbocycles. The number of hydrogen-bond acceptors (Lipinski definition) is 7. The Morgan fingerprint density at radius 2 is 1.83 bits per heavy atom. The molecule has 4 atom stereocenters. The number of oxazole rings is 1. The highest BCUT2D eigenvalue weighted by Gasteiger charge is 2.46. The summed E-state index contributed by atoms with van der Waals surface area (Å²) < 4.78 is 32.2. The van der Waals surface area contributed by atoms with E-state index >= 15 is 0 Å². The van der Waals surface area contributed by atoms with E-state index in [0.29, 0.717) is 35.4 Å². The quantitative estimate of drug-likeness (QED) is 0.305. The van der Waals surface area contributed by atoms with Gasteiger partial charge in [-0.3, -0.25) is 9.21 Å². The number of aromatic nitrogens is 2. The van der Waals surface area contributed by atoms with Gasteiger partial charge in [0, 0.05) is 30.6 Å². The summed E-state index contributed by atoms with van der Waals surface area (Å²) in [6.45, 7) is 11.7. The summed E-state index contributed by atoms with van der Waals surface area (Å²) in [6.07, 6.45) is 3.08. The van der Waals surface area contributed by atoms with Gasteiger partial charge in [-0.15, -0.1) is 0 Å². The third-order valence-electron chi connectivity index (χ3n) is 7.85. The van der Waals surface area contributed by atoms with Crippen molar-refractivity contribution in [1.82, 2.24) is 14.9 Å². The number of benzene rings is 1. The molecule has 10 nitrogen and oxygen atoms in total. The minimum absolute atomic E-state index is 0.148. The maximum absolute atomic E-state index is 12.7. The number of carboxylic acid groups (broad SMARTS) is 1. The third-order valence-corrected chi connectivity index (χ3v) is 9.03. The van der Waals surface area contributed by atoms with E-state index in [0.717, 1.165) is 22.5 Å². The minimum Gasteiger partial charge on any atom is -0.465 e. The van der Waals surface area contributed by atoms with Crippen LogP contribution in [0.3, 0.4) is 0 Å². The molecule has 1 amide bonds. The van der Waals surface area contributed by atoms with Gasteiger partial charge in [-0.1, -0.05) is 37.3 Å². The topological polar surface area (TPSA) is 129 Å². The Morgan fingerprint density at radius 3 is 2.37 bits per heavy atom. The van der Waals surface area contributed by atoms with E-state index in [1.54, 1.807) is 18.3 Å². The molecule has 0 aliphatic heterocycles. The standard InChI is InChI=1S/C30H41N5O5S/c1-19-14-23(19)20(2)32-25-15-22(16-26(33-25)34(7)41(8,38)39)27-31-18-24(40-27)30(6,17-21-12-10-9-11-13-21)35(28(36)37)29(3,4)5/h9-13,15-16,18-20,23H,14,17H2,1-8H3,(H,32,33)(H,36,37)/t19-,20-,23-,30+/m0/s1. The Hall–Kier alpha value is -3.60. The molecule has 2 heterocycles. The van der Waals surface area contributed by atoms with Crippen LogP contribution >= 0.6 is 0 Å². The number of pyridine rings is 1. The summed E-state index contributed by atoms with van der Waals surface area (Å²) in [6, 6.07) is 13.2. The number of nitrogens with one attached hydrogen (secondary N) is 1. The van der Waals surface area contributed by atoms with Crippen LogP contribution in [0.4, 0.5) is 16.4 Å². The normalized spacial score (nSPS) is 19.2. The molecule has 1 aromatic carbocycles. The first-order chi connectivity index (χ1) is 19.0. The Morgan fingerprint density at radius 1 is 1.20 bits per heavy atom. The molecule has 1 aliphatic rings. The average Bonchev–Trinajstić information content (AvgIpc) is 3.38. The van der Waals surface area contributed by atoms with Crippen molar-refractivity contribution in [2.24, 2.45) is 11.8 Å². The molecule has 2 N–H and O–H groups in total. The van der Waals surface area contributed by atoms with Crippen molar-refractivity contribution < 1.29 is 22.7 Å². The fourth-order valence-electron chi connectivity index (χ4n) is 5.60. The van der Waals surface area contributed by atoms with Gasteiger partial charge in [0.25, 0.3) is 0 Å². The van der Waals surface area contributed by atoms with Crippen LogP contribution in [0.25, 0.3) is 11.5 Å². The zero-order valence-corrected chi connectivity index (χ0v) is 25.9. The van der Waals surface area contributed by atoms with E-state index < -0.39 is 27.2 Å². The molecule has 1 aliphatic carbocycles. The van der Waals surface area contributed by atoms with Crippen LogP contribution in [-0.4, -0.2) is 59.4 Å². The summed E-state index contributed by atoms with van der Waals surface area (Å²) in [7, 11) is -2.13. The van der Waals surface area contributed by atoms with Crippen LogP contribution in [0, 0.1) is 11.8 Å². The van der Waals surface area contributed by atoms with Gasteiger partial charge >= 0.3 is 6.09 Å². The lowest BCUT2D eigenvalue weighted by molar-refractivity contribution is 0.0111. The fraction of sp³-hybridized carbons (Fsp3) is 0.500. The summed E-state index contributed by atoms with van der Waals surface area (Å²) in [4.78, 5) is 23.2. The molecule has 0 saturated heterocycles. The van der Waals surface area contributed by atoms with Gasteiger partial charge in [0.2, 0.25) is 15.9 Å². The van der Waals surface area contributed by atoms with Gasteiger partial charge in [0.15, 0.2) is 5.76 Å². The van der Waals surface area contributed by atoms with Gasteiger partial charge in [-0.05, 0) is 70.6 Å². The molecule has 11 heteroatoms. The van der Waals surface area contributed by atoms with Crippen LogP contribution in [0.1, 0.15) is 59.3 Å². The molecule has 3 aromatic rings. The zero-order chi connectivity index (χ0) is 30.3. The van der Waals surface area contributed by atoms with E-state index in [-0.39, 0.29) is 17.8 Å². The van der Waals surface area contributed by atoms with E-state index in [1.165, 1.54) is 11.9 Å². The first-order valence-electron chi connectivity index (χ1n) is 13.8. The fourth-order valence-corrected chi connectivity index (χ4v) is 6.03. The minimum atomic E-state index is -3.58. The Labute approximate surface area is 242 Å². The van der Waals surface area contributed by atoms with Crippen LogP contribution in [0.15, 0.2) is 53.1 Å². The highest BCUT2D eigenvalue weighted by atomic mass is 32.2. The SMILES string of the molecule is C[C@H](Nc1cc(-c2ncc([C@@](C)(Cc3ccccc3)N(C(=O)O)C(C)(C)C)o2)cc(N(C)S(C)(=O)=O)n1)[C@H]1C[C@@H]1C. The van der Waals surface area contributed by atoms with Crippen LogP contribution in [0.5, 0.6) is 0 Å². The van der Waals surface area contributed by atoms with E-state index in [2.05, 4.69) is 29.1 Å². The lowest BCUT2D eigenvalue weighted by Gasteiger charge is -2.46. The molecule has 0 bridgehead atoms. The second-order valence-corrected chi connectivity index (χ2v) is 14.4. The number of carbonyl (C=O) groups is 1. The largest absolute Gasteiger partial charge is 0.465 e. The molecule has 0 unspecified atom stereocenters. The van der Waals surface area contributed by atoms with Crippen molar-refractivity contribution in [1.29, 1.82) is 0 Å². The number of amides is 1. The van der Waals surface area contributed by atoms with Gasteiger partial charge < -0.3 is 14.8 Å². The molecule has 222 valence electrons.